The molecule has 0 atom stereocenters. The van der Waals surface area contributed by atoms with Gasteiger partial charge in [-0.05, 0) is 25.0 Å². The van der Waals surface area contributed by atoms with Crippen LogP contribution >= 0.6 is 0 Å². The molecule has 1 N–H and O–H groups in total. The van der Waals surface area contributed by atoms with Gasteiger partial charge in [0.15, 0.2) is 0 Å². The fourth-order valence-corrected chi connectivity index (χ4v) is 3.36. The van der Waals surface area contributed by atoms with Crippen molar-refractivity contribution >= 4 is 5.91 Å². The maximum atomic E-state index is 12.0. The minimum atomic E-state index is 0.225. The highest BCUT2D eigenvalue weighted by atomic mass is 16.1. The zero-order valence-electron chi connectivity index (χ0n) is 12.6. The van der Waals surface area contributed by atoms with Crippen LogP contribution in [0.4, 0.5) is 0 Å². The molecule has 1 saturated carbocycles. The lowest BCUT2D eigenvalue weighted by Crippen LogP contribution is -2.47. The average Bonchev–Trinajstić information content (AvgIpc) is 2.48. The maximum Gasteiger partial charge on any atom is 0.221 e. The molecule has 21 heavy (non-hydrogen) atoms. The SMILES string of the molecule is O=C(CCN1CC(c2ccccn2)C1)NC1CCCCC1. The van der Waals surface area contributed by atoms with Crippen molar-refractivity contribution in [3.05, 3.63) is 30.1 Å². The third-order valence-electron chi connectivity index (χ3n) is 4.69. The minimum absolute atomic E-state index is 0.225. The van der Waals surface area contributed by atoms with E-state index in [1.54, 1.807) is 0 Å². The van der Waals surface area contributed by atoms with Crippen LogP contribution in [0.1, 0.15) is 50.1 Å². The summed E-state index contributed by atoms with van der Waals surface area (Å²) >= 11 is 0. The molecule has 4 heteroatoms. The Morgan fingerprint density at radius 3 is 2.76 bits per heavy atom. The van der Waals surface area contributed by atoms with Crippen molar-refractivity contribution in [1.29, 1.82) is 0 Å². The summed E-state index contributed by atoms with van der Waals surface area (Å²) in [6.45, 7) is 2.95. The van der Waals surface area contributed by atoms with Gasteiger partial charge in [-0.25, -0.2) is 0 Å². The molecule has 1 aromatic heterocycles. The van der Waals surface area contributed by atoms with E-state index in [0.29, 0.717) is 18.4 Å². The molecule has 3 rings (SSSR count). The molecule has 1 saturated heterocycles. The van der Waals surface area contributed by atoms with E-state index in [1.807, 2.05) is 18.3 Å². The Balaban J connectivity index is 1.33. The molecule has 0 radical (unpaired) electrons. The summed E-state index contributed by atoms with van der Waals surface area (Å²) in [5, 5.41) is 3.19. The number of carbonyl (C=O) groups excluding carboxylic acids is 1. The van der Waals surface area contributed by atoms with Crippen LogP contribution in [0.2, 0.25) is 0 Å². The highest BCUT2D eigenvalue weighted by Gasteiger charge is 2.28. The second-order valence-electron chi connectivity index (χ2n) is 6.36. The van der Waals surface area contributed by atoms with Gasteiger partial charge in [-0.1, -0.05) is 25.3 Å². The van der Waals surface area contributed by atoms with E-state index in [4.69, 9.17) is 0 Å². The number of rotatable bonds is 5. The van der Waals surface area contributed by atoms with E-state index in [-0.39, 0.29) is 5.91 Å². The van der Waals surface area contributed by atoms with Gasteiger partial charge in [-0.3, -0.25) is 9.78 Å². The fraction of sp³-hybridized carbons (Fsp3) is 0.647. The molecular weight excluding hydrogens is 262 g/mol. The summed E-state index contributed by atoms with van der Waals surface area (Å²) in [5.74, 6) is 0.774. The largest absolute Gasteiger partial charge is 0.353 e. The van der Waals surface area contributed by atoms with Crippen LogP contribution in [0.15, 0.2) is 24.4 Å². The fourth-order valence-electron chi connectivity index (χ4n) is 3.36. The molecule has 0 bridgehead atoms. The van der Waals surface area contributed by atoms with Gasteiger partial charge in [0.05, 0.1) is 0 Å². The van der Waals surface area contributed by atoms with Crippen molar-refractivity contribution in [2.75, 3.05) is 19.6 Å². The predicted molar refractivity (Wildman–Crippen MR) is 83.1 cm³/mol. The zero-order valence-corrected chi connectivity index (χ0v) is 12.6. The second-order valence-corrected chi connectivity index (χ2v) is 6.36. The van der Waals surface area contributed by atoms with Crippen LogP contribution in [-0.2, 0) is 4.79 Å². The summed E-state index contributed by atoms with van der Waals surface area (Å²) in [7, 11) is 0. The van der Waals surface area contributed by atoms with E-state index in [2.05, 4.69) is 21.3 Å². The third kappa shape index (κ3) is 4.03. The van der Waals surface area contributed by atoms with E-state index in [0.717, 1.165) is 32.5 Å². The Morgan fingerprint density at radius 1 is 1.24 bits per heavy atom. The molecule has 1 amide bonds. The molecule has 2 fully saturated rings. The van der Waals surface area contributed by atoms with Crippen molar-refractivity contribution in [2.45, 2.75) is 50.5 Å². The molecule has 114 valence electrons. The topological polar surface area (TPSA) is 45.2 Å². The van der Waals surface area contributed by atoms with Crippen LogP contribution < -0.4 is 5.32 Å². The molecule has 4 nitrogen and oxygen atoms in total. The van der Waals surface area contributed by atoms with Crippen LogP contribution in [0, 0.1) is 0 Å². The van der Waals surface area contributed by atoms with Crippen LogP contribution in [0.3, 0.4) is 0 Å². The van der Waals surface area contributed by atoms with E-state index in [9.17, 15) is 4.79 Å². The first-order valence-corrected chi connectivity index (χ1v) is 8.24. The molecule has 2 aliphatic rings. The standard InChI is InChI=1S/C17H25N3O/c21-17(19-15-6-2-1-3-7-15)9-11-20-12-14(13-20)16-8-4-5-10-18-16/h4-5,8,10,14-15H,1-3,6-7,9,11-13H2,(H,19,21). The van der Waals surface area contributed by atoms with Gasteiger partial charge in [0, 0.05) is 49.9 Å². The number of hydrogen-bond acceptors (Lipinski definition) is 3. The van der Waals surface area contributed by atoms with Gasteiger partial charge < -0.3 is 10.2 Å². The first-order chi connectivity index (χ1) is 10.3. The van der Waals surface area contributed by atoms with Gasteiger partial charge in [0.2, 0.25) is 5.91 Å². The van der Waals surface area contributed by atoms with E-state index in [1.165, 1.54) is 25.0 Å². The Bertz CT molecular complexity index is 450. The van der Waals surface area contributed by atoms with Gasteiger partial charge in [0.25, 0.3) is 0 Å². The summed E-state index contributed by atoms with van der Waals surface area (Å²) in [4.78, 5) is 18.7. The van der Waals surface area contributed by atoms with Gasteiger partial charge in [-0.2, -0.15) is 0 Å². The van der Waals surface area contributed by atoms with Crippen molar-refractivity contribution in [3.8, 4) is 0 Å². The third-order valence-corrected chi connectivity index (χ3v) is 4.69. The Hall–Kier alpha value is -1.42. The Morgan fingerprint density at radius 2 is 2.05 bits per heavy atom. The van der Waals surface area contributed by atoms with Gasteiger partial charge in [0.1, 0.15) is 0 Å². The Labute approximate surface area is 126 Å². The Kier molecular flexibility index (Phi) is 4.86. The van der Waals surface area contributed by atoms with Crippen molar-refractivity contribution in [1.82, 2.24) is 15.2 Å². The summed E-state index contributed by atoms with van der Waals surface area (Å²) in [6.07, 6.45) is 8.68. The number of nitrogens with zero attached hydrogens (tertiary/aromatic N) is 2. The van der Waals surface area contributed by atoms with Crippen LogP contribution in [0.25, 0.3) is 0 Å². The molecule has 2 heterocycles. The van der Waals surface area contributed by atoms with Crippen molar-refractivity contribution in [2.24, 2.45) is 0 Å². The molecule has 0 aromatic carbocycles. The monoisotopic (exact) mass is 287 g/mol. The molecule has 1 aliphatic heterocycles. The minimum Gasteiger partial charge on any atom is -0.353 e. The predicted octanol–water partition coefficient (Wildman–Crippen LogP) is 2.32. The number of amides is 1. The molecule has 0 unspecified atom stereocenters. The average molecular weight is 287 g/mol. The lowest BCUT2D eigenvalue weighted by atomic mass is 9.95. The van der Waals surface area contributed by atoms with E-state index < -0.39 is 0 Å². The number of carbonyl (C=O) groups is 1. The van der Waals surface area contributed by atoms with Crippen molar-refractivity contribution < 1.29 is 4.79 Å². The molecule has 1 aliphatic carbocycles. The number of likely N-dealkylation sites (tertiary alicyclic amines) is 1. The first kappa shape index (κ1) is 14.5. The lowest BCUT2D eigenvalue weighted by molar-refractivity contribution is -0.122. The summed E-state index contributed by atoms with van der Waals surface area (Å²) in [6, 6.07) is 6.53. The molecule has 0 spiro atoms. The summed E-state index contributed by atoms with van der Waals surface area (Å²) in [5.41, 5.74) is 1.18. The summed E-state index contributed by atoms with van der Waals surface area (Å²) < 4.78 is 0. The van der Waals surface area contributed by atoms with Gasteiger partial charge >= 0.3 is 0 Å². The normalized spacial score (nSPS) is 21.0. The zero-order chi connectivity index (χ0) is 14.5. The molecule has 1 aromatic rings. The second kappa shape index (κ2) is 7.03. The first-order valence-electron chi connectivity index (χ1n) is 8.24. The van der Waals surface area contributed by atoms with Crippen LogP contribution in [0.5, 0.6) is 0 Å². The van der Waals surface area contributed by atoms with Gasteiger partial charge in [-0.15, -0.1) is 0 Å². The van der Waals surface area contributed by atoms with Crippen LogP contribution in [-0.4, -0.2) is 41.5 Å². The highest BCUT2D eigenvalue weighted by molar-refractivity contribution is 5.76. The lowest BCUT2D eigenvalue weighted by Gasteiger charge is -2.38. The molecular formula is C17H25N3O. The number of nitrogens with one attached hydrogen (secondary N) is 1. The van der Waals surface area contributed by atoms with E-state index >= 15 is 0 Å². The number of aromatic nitrogens is 1. The smallest absolute Gasteiger partial charge is 0.221 e. The number of pyridine rings is 1. The maximum absolute atomic E-state index is 12.0. The number of hydrogen-bond donors (Lipinski definition) is 1. The quantitative estimate of drug-likeness (QED) is 0.904. The van der Waals surface area contributed by atoms with Crippen molar-refractivity contribution in [3.63, 3.8) is 0 Å². The highest BCUT2D eigenvalue weighted by Crippen LogP contribution is 2.25.